The quantitative estimate of drug-likeness (QED) is 0.285. The number of rotatable bonds is 5. The van der Waals surface area contributed by atoms with E-state index in [9.17, 15) is 4.79 Å². The summed E-state index contributed by atoms with van der Waals surface area (Å²) in [6, 6.07) is 14.5. The first-order valence-electron chi connectivity index (χ1n) is 15.3. The summed E-state index contributed by atoms with van der Waals surface area (Å²) in [7, 11) is 0. The number of piperazine rings is 1. The van der Waals surface area contributed by atoms with Gasteiger partial charge >= 0.3 is 6.09 Å². The van der Waals surface area contributed by atoms with Crippen molar-refractivity contribution in [3.8, 4) is 22.8 Å². The van der Waals surface area contributed by atoms with Crippen LogP contribution in [0.3, 0.4) is 0 Å². The molecule has 0 unspecified atom stereocenters. The molecule has 10 nitrogen and oxygen atoms in total. The zero-order valence-electron chi connectivity index (χ0n) is 25.7. The first-order chi connectivity index (χ1) is 21.1. The van der Waals surface area contributed by atoms with Crippen LogP contribution in [-0.2, 0) is 4.74 Å². The Balaban J connectivity index is 1.17. The van der Waals surface area contributed by atoms with Gasteiger partial charge in [0.1, 0.15) is 46.3 Å². The zero-order valence-corrected chi connectivity index (χ0v) is 25.7. The SMILES string of the molecule is C[C@H]1CN([C@H]2CC[C@H](c3nc(-c4ccc(Oc5ccccc5)cc4F)c4c(N)ncnn43)CC2)CCN1C(=O)OC(C)(C)C. The van der Waals surface area contributed by atoms with Gasteiger partial charge in [-0.25, -0.2) is 23.7 Å². The summed E-state index contributed by atoms with van der Waals surface area (Å²) in [6.07, 6.45) is 5.00. The number of hydrogen-bond donors (Lipinski definition) is 1. The molecule has 6 rings (SSSR count). The number of halogens is 1. The number of fused-ring (bicyclic) bond motifs is 1. The van der Waals surface area contributed by atoms with Crippen LogP contribution in [0.4, 0.5) is 15.0 Å². The van der Waals surface area contributed by atoms with Gasteiger partial charge in [-0.2, -0.15) is 5.10 Å². The lowest BCUT2D eigenvalue weighted by Crippen LogP contribution is -2.57. The van der Waals surface area contributed by atoms with E-state index in [-0.39, 0.29) is 23.9 Å². The standard InChI is InChI=1S/C33H40FN7O3/c1-21-19-39(16-17-40(21)32(42)44-33(2,3)4)23-12-10-22(11-13-23)31-38-28(29-30(35)36-20-37-41(29)31)26-15-14-25(18-27(26)34)43-24-8-6-5-7-9-24/h5-9,14-15,18,20-23H,10-13,16-17,19H2,1-4H3,(H2,35,36,37)/t21-,22-,23-/m0/s1. The average molecular weight is 602 g/mol. The average Bonchev–Trinajstić information content (AvgIpc) is 3.37. The minimum atomic E-state index is -0.509. The van der Waals surface area contributed by atoms with E-state index in [1.54, 1.807) is 16.6 Å². The van der Waals surface area contributed by atoms with Crippen LogP contribution in [0.25, 0.3) is 16.8 Å². The Kier molecular flexibility index (Phi) is 8.15. The molecule has 0 radical (unpaired) electrons. The second-order valence-corrected chi connectivity index (χ2v) is 12.8. The first-order valence-corrected chi connectivity index (χ1v) is 15.3. The fraction of sp³-hybridized carbons (Fsp3) is 0.455. The van der Waals surface area contributed by atoms with Crippen molar-refractivity contribution >= 4 is 17.4 Å². The summed E-state index contributed by atoms with van der Waals surface area (Å²) in [5.41, 5.74) is 7.06. The third kappa shape index (κ3) is 6.19. The van der Waals surface area contributed by atoms with Crippen LogP contribution in [0.2, 0.25) is 0 Å². The molecule has 1 aliphatic carbocycles. The van der Waals surface area contributed by atoms with Crippen LogP contribution in [-0.4, -0.2) is 72.8 Å². The summed E-state index contributed by atoms with van der Waals surface area (Å²) in [5, 5.41) is 4.49. The molecule has 2 N–H and O–H groups in total. The molecular formula is C33H40FN7O3. The number of aromatic nitrogens is 4. The second-order valence-electron chi connectivity index (χ2n) is 12.8. The lowest BCUT2D eigenvalue weighted by Gasteiger charge is -2.45. The first kappa shape index (κ1) is 29.8. The highest BCUT2D eigenvalue weighted by Gasteiger charge is 2.36. The highest BCUT2D eigenvalue weighted by Crippen LogP contribution is 2.39. The van der Waals surface area contributed by atoms with E-state index >= 15 is 4.39 Å². The van der Waals surface area contributed by atoms with Crippen LogP contribution < -0.4 is 10.5 Å². The van der Waals surface area contributed by atoms with Crippen molar-refractivity contribution in [1.82, 2.24) is 29.4 Å². The maximum absolute atomic E-state index is 15.5. The lowest BCUT2D eigenvalue weighted by atomic mass is 9.84. The molecule has 232 valence electrons. The predicted octanol–water partition coefficient (Wildman–Crippen LogP) is 6.27. The van der Waals surface area contributed by atoms with Crippen LogP contribution in [0.1, 0.15) is 65.1 Å². The third-order valence-electron chi connectivity index (χ3n) is 8.53. The molecule has 1 aliphatic heterocycles. The lowest BCUT2D eigenvalue weighted by molar-refractivity contribution is -0.00759. The maximum atomic E-state index is 15.5. The monoisotopic (exact) mass is 601 g/mol. The van der Waals surface area contributed by atoms with Crippen molar-refractivity contribution in [2.24, 2.45) is 0 Å². The number of nitrogens with two attached hydrogens (primary N) is 1. The third-order valence-corrected chi connectivity index (χ3v) is 8.53. The summed E-state index contributed by atoms with van der Waals surface area (Å²) in [6.45, 7) is 10.1. The minimum absolute atomic E-state index is 0.0779. The molecule has 4 aromatic rings. The Morgan fingerprint density at radius 2 is 1.77 bits per heavy atom. The van der Waals surface area contributed by atoms with Gasteiger partial charge in [0, 0.05) is 49.3 Å². The number of para-hydroxylation sites is 1. The fourth-order valence-corrected chi connectivity index (χ4v) is 6.41. The number of carbonyl (C=O) groups excluding carboxylic acids is 1. The Labute approximate surface area is 257 Å². The smallest absolute Gasteiger partial charge is 0.410 e. The molecule has 1 amide bonds. The summed E-state index contributed by atoms with van der Waals surface area (Å²) >= 11 is 0. The molecule has 2 aromatic heterocycles. The number of anilines is 1. The molecule has 3 heterocycles. The van der Waals surface area contributed by atoms with Crippen molar-refractivity contribution in [2.75, 3.05) is 25.4 Å². The van der Waals surface area contributed by atoms with Crippen LogP contribution >= 0.6 is 0 Å². The van der Waals surface area contributed by atoms with Crippen LogP contribution in [0, 0.1) is 5.82 Å². The summed E-state index contributed by atoms with van der Waals surface area (Å²) in [5.74, 6) is 1.73. The molecule has 2 aliphatic rings. The normalized spacial score (nSPS) is 21.4. The van der Waals surface area contributed by atoms with E-state index in [0.29, 0.717) is 40.9 Å². The second kappa shape index (κ2) is 12.0. The molecular weight excluding hydrogens is 561 g/mol. The van der Waals surface area contributed by atoms with Gasteiger partial charge in [-0.15, -0.1) is 0 Å². The number of hydrogen-bond acceptors (Lipinski definition) is 8. The van der Waals surface area contributed by atoms with Crippen molar-refractivity contribution < 1.29 is 18.7 Å². The predicted molar refractivity (Wildman–Crippen MR) is 166 cm³/mol. The molecule has 44 heavy (non-hydrogen) atoms. The van der Waals surface area contributed by atoms with Gasteiger partial charge in [-0.1, -0.05) is 18.2 Å². The maximum Gasteiger partial charge on any atom is 0.410 e. The van der Waals surface area contributed by atoms with E-state index in [1.165, 1.54) is 12.4 Å². The summed E-state index contributed by atoms with van der Waals surface area (Å²) in [4.78, 5) is 26.2. The van der Waals surface area contributed by atoms with E-state index in [1.807, 2.05) is 56.0 Å². The Morgan fingerprint density at radius 1 is 1.02 bits per heavy atom. The number of benzene rings is 2. The van der Waals surface area contributed by atoms with Gasteiger partial charge < -0.3 is 20.1 Å². The molecule has 0 bridgehead atoms. The largest absolute Gasteiger partial charge is 0.457 e. The zero-order chi connectivity index (χ0) is 31.0. The van der Waals surface area contributed by atoms with Crippen LogP contribution in [0.5, 0.6) is 11.5 Å². The fourth-order valence-electron chi connectivity index (χ4n) is 6.41. The van der Waals surface area contributed by atoms with Crippen LogP contribution in [0.15, 0.2) is 54.9 Å². The Bertz CT molecular complexity index is 1630. The number of nitrogens with zero attached hydrogens (tertiary/aromatic N) is 6. The van der Waals surface area contributed by atoms with Crippen molar-refractivity contribution in [2.45, 2.75) is 77.0 Å². The van der Waals surface area contributed by atoms with Gasteiger partial charge in [0.15, 0.2) is 5.82 Å². The molecule has 11 heteroatoms. The number of ether oxygens (including phenoxy) is 2. The number of amides is 1. The van der Waals surface area contributed by atoms with Gasteiger partial charge in [0.2, 0.25) is 0 Å². The minimum Gasteiger partial charge on any atom is -0.457 e. The van der Waals surface area contributed by atoms with Crippen molar-refractivity contribution in [3.05, 3.63) is 66.5 Å². The molecule has 2 aromatic carbocycles. The topological polar surface area (TPSA) is 111 Å². The van der Waals surface area contributed by atoms with E-state index in [0.717, 1.165) is 44.6 Å². The molecule has 2 fully saturated rings. The van der Waals surface area contributed by atoms with Gasteiger partial charge in [-0.05, 0) is 77.6 Å². The molecule has 1 atom stereocenters. The van der Waals surface area contributed by atoms with Crippen molar-refractivity contribution in [3.63, 3.8) is 0 Å². The summed E-state index contributed by atoms with van der Waals surface area (Å²) < 4.78 is 28.7. The van der Waals surface area contributed by atoms with Crippen molar-refractivity contribution in [1.29, 1.82) is 0 Å². The Hall–Kier alpha value is -4.25. The number of imidazole rings is 1. The van der Waals surface area contributed by atoms with Gasteiger partial charge in [-0.3, -0.25) is 4.90 Å². The highest BCUT2D eigenvalue weighted by molar-refractivity contribution is 5.85. The van der Waals surface area contributed by atoms with Gasteiger partial charge in [0.25, 0.3) is 0 Å². The highest BCUT2D eigenvalue weighted by atomic mass is 19.1. The molecule has 1 saturated heterocycles. The molecule has 1 saturated carbocycles. The molecule has 0 spiro atoms. The van der Waals surface area contributed by atoms with E-state index < -0.39 is 11.4 Å². The van der Waals surface area contributed by atoms with Gasteiger partial charge in [0.05, 0.1) is 0 Å². The van der Waals surface area contributed by atoms with E-state index in [4.69, 9.17) is 20.2 Å². The number of nitrogen functional groups attached to an aromatic ring is 1. The van der Waals surface area contributed by atoms with E-state index in [2.05, 4.69) is 21.9 Å². The Morgan fingerprint density at radius 3 is 2.45 bits per heavy atom. The number of carbonyl (C=O) groups is 1.